The van der Waals surface area contributed by atoms with Crippen LogP contribution in [-0.2, 0) is 4.79 Å². The summed E-state index contributed by atoms with van der Waals surface area (Å²) in [6, 6.07) is 8.47. The van der Waals surface area contributed by atoms with Crippen molar-refractivity contribution in [1.82, 2.24) is 20.2 Å². The smallest absolute Gasteiger partial charge is 0.258 e. The largest absolute Gasteiger partial charge is 0.490 e. The summed E-state index contributed by atoms with van der Waals surface area (Å²) in [6.45, 7) is 4.18. The fourth-order valence-electron chi connectivity index (χ4n) is 4.42. The number of hydrogen-bond donors (Lipinski definition) is 2. The molecule has 2 aromatic heterocycles. The molecule has 0 radical (unpaired) electrons. The molecule has 35 heavy (non-hydrogen) atoms. The van der Waals surface area contributed by atoms with E-state index in [4.69, 9.17) is 4.74 Å². The first-order chi connectivity index (χ1) is 16.2. The van der Waals surface area contributed by atoms with E-state index in [1.54, 1.807) is 24.4 Å². The fraction of sp³-hybridized carbons (Fsp3) is 0.360. The Morgan fingerprint density at radius 3 is 2.83 bits per heavy atom. The number of ether oxygens (including phenoxy) is 1. The molecule has 0 bridgehead atoms. The standard InChI is InChI=1S/C25H27FN4O2S.2ClH/c26-19-4-1-2-5-20(19)32-13-3-10-30-11-7-17(8-12-30)15-29-25(31)22-14-18-16-28-24-23(18)21(33-22)6-9-27-24;;/h1-2,4-6,9,14,16-17H,3,7-8,10-13,15H2,(H,27,28)(H,29,31);2*1H. The Morgan fingerprint density at radius 2 is 2.03 bits per heavy atom. The molecule has 4 heterocycles. The van der Waals surface area contributed by atoms with Gasteiger partial charge >= 0.3 is 0 Å². The SMILES string of the molecule is Cl.Cl.O=C(NCC1CCN(CCCOc2ccccc2F)CC1)C1=Cc2c[nH]c3nccc(c23)S1. The van der Waals surface area contributed by atoms with Crippen molar-refractivity contribution in [3.63, 3.8) is 0 Å². The number of halogens is 3. The Hall–Kier alpha value is -2.26. The molecule has 2 N–H and O–H groups in total. The Bertz CT molecular complexity index is 1180. The molecule has 0 aliphatic carbocycles. The Labute approximate surface area is 220 Å². The average Bonchev–Trinajstić information content (AvgIpc) is 3.26. The quantitative estimate of drug-likeness (QED) is 0.381. The van der Waals surface area contributed by atoms with Gasteiger partial charge in [0.05, 0.1) is 11.5 Å². The van der Waals surface area contributed by atoms with Crippen molar-refractivity contribution in [3.05, 3.63) is 59.0 Å². The second-order valence-corrected chi connectivity index (χ2v) is 9.60. The van der Waals surface area contributed by atoms with Gasteiger partial charge in [-0.2, -0.15) is 0 Å². The minimum absolute atomic E-state index is 0. The molecular formula is C25H29Cl2FN4O2S. The van der Waals surface area contributed by atoms with Crippen LogP contribution >= 0.6 is 36.6 Å². The number of nitrogens with zero attached hydrogens (tertiary/aromatic N) is 2. The van der Waals surface area contributed by atoms with Gasteiger partial charge in [-0.15, -0.1) is 24.8 Å². The molecular weight excluding hydrogens is 510 g/mol. The van der Waals surface area contributed by atoms with Gasteiger partial charge in [-0.05, 0) is 62.5 Å². The Balaban J connectivity index is 0.00000171. The highest BCUT2D eigenvalue weighted by atomic mass is 35.5. The molecule has 0 spiro atoms. The normalized spacial score (nSPS) is 15.6. The topological polar surface area (TPSA) is 70.2 Å². The van der Waals surface area contributed by atoms with Gasteiger partial charge < -0.3 is 19.9 Å². The molecule has 1 amide bonds. The first-order valence-corrected chi connectivity index (χ1v) is 12.2. The number of para-hydroxylation sites is 1. The van der Waals surface area contributed by atoms with Crippen molar-refractivity contribution in [3.8, 4) is 5.75 Å². The highest BCUT2D eigenvalue weighted by Gasteiger charge is 2.23. The van der Waals surface area contributed by atoms with Gasteiger partial charge in [0.1, 0.15) is 5.65 Å². The number of pyridine rings is 1. The first kappa shape index (κ1) is 27.3. The lowest BCUT2D eigenvalue weighted by atomic mass is 9.96. The minimum atomic E-state index is -0.314. The van der Waals surface area contributed by atoms with Gasteiger partial charge in [-0.1, -0.05) is 23.9 Å². The number of hydrogen-bond acceptors (Lipinski definition) is 5. The highest BCUT2D eigenvalue weighted by molar-refractivity contribution is 8.04. The molecule has 1 fully saturated rings. The van der Waals surface area contributed by atoms with Crippen LogP contribution in [0.5, 0.6) is 5.75 Å². The highest BCUT2D eigenvalue weighted by Crippen LogP contribution is 2.40. The van der Waals surface area contributed by atoms with E-state index in [0.717, 1.165) is 65.3 Å². The van der Waals surface area contributed by atoms with E-state index in [2.05, 4.69) is 20.2 Å². The van der Waals surface area contributed by atoms with Crippen LogP contribution in [0.25, 0.3) is 17.1 Å². The summed E-state index contributed by atoms with van der Waals surface area (Å²) in [5, 5.41) is 4.23. The molecule has 10 heteroatoms. The Kier molecular flexibility index (Phi) is 9.86. The lowest BCUT2D eigenvalue weighted by Crippen LogP contribution is -2.39. The maximum absolute atomic E-state index is 13.6. The third-order valence-electron chi connectivity index (χ3n) is 6.27. The monoisotopic (exact) mass is 538 g/mol. The third-order valence-corrected chi connectivity index (χ3v) is 7.35. The average molecular weight is 540 g/mol. The molecule has 1 aromatic carbocycles. The first-order valence-electron chi connectivity index (χ1n) is 11.4. The number of carbonyl (C=O) groups excluding carboxylic acids is 1. The zero-order valence-corrected chi connectivity index (χ0v) is 21.6. The number of carbonyl (C=O) groups is 1. The number of benzene rings is 1. The Morgan fingerprint density at radius 1 is 1.23 bits per heavy atom. The van der Waals surface area contributed by atoms with Crippen LogP contribution in [0.4, 0.5) is 4.39 Å². The number of rotatable bonds is 8. The van der Waals surface area contributed by atoms with E-state index in [1.165, 1.54) is 17.8 Å². The van der Waals surface area contributed by atoms with Crippen LogP contribution in [0.3, 0.4) is 0 Å². The van der Waals surface area contributed by atoms with Crippen LogP contribution in [0, 0.1) is 11.7 Å². The number of thioether (sulfide) groups is 1. The van der Waals surface area contributed by atoms with E-state index in [1.807, 2.05) is 18.3 Å². The van der Waals surface area contributed by atoms with Gasteiger partial charge in [0, 0.05) is 41.3 Å². The van der Waals surface area contributed by atoms with Gasteiger partial charge in [0.25, 0.3) is 5.91 Å². The van der Waals surface area contributed by atoms with Crippen LogP contribution in [0.2, 0.25) is 0 Å². The van der Waals surface area contributed by atoms with E-state index in [9.17, 15) is 9.18 Å². The summed E-state index contributed by atoms with van der Waals surface area (Å²) in [5.41, 5.74) is 1.88. The van der Waals surface area contributed by atoms with Gasteiger partial charge in [-0.25, -0.2) is 9.37 Å². The summed E-state index contributed by atoms with van der Waals surface area (Å²) >= 11 is 1.51. The van der Waals surface area contributed by atoms with Crippen molar-refractivity contribution in [2.45, 2.75) is 24.2 Å². The van der Waals surface area contributed by atoms with Crippen LogP contribution < -0.4 is 10.1 Å². The molecule has 6 nitrogen and oxygen atoms in total. The zero-order valence-electron chi connectivity index (χ0n) is 19.2. The van der Waals surface area contributed by atoms with E-state index in [0.29, 0.717) is 24.8 Å². The van der Waals surface area contributed by atoms with Crippen LogP contribution in [0.1, 0.15) is 24.8 Å². The van der Waals surface area contributed by atoms with Crippen LogP contribution in [0.15, 0.2) is 52.5 Å². The van der Waals surface area contributed by atoms with E-state index >= 15 is 0 Å². The minimum Gasteiger partial charge on any atom is -0.490 e. The summed E-state index contributed by atoms with van der Waals surface area (Å²) < 4.78 is 19.1. The van der Waals surface area contributed by atoms with Gasteiger partial charge in [-0.3, -0.25) is 4.79 Å². The second-order valence-electron chi connectivity index (χ2n) is 8.51. The maximum Gasteiger partial charge on any atom is 0.258 e. The molecule has 3 aromatic rings. The number of H-pyrrole nitrogens is 1. The summed E-state index contributed by atoms with van der Waals surface area (Å²) in [7, 11) is 0. The number of aromatic amines is 1. The fourth-order valence-corrected chi connectivity index (χ4v) is 5.45. The summed E-state index contributed by atoms with van der Waals surface area (Å²) in [4.78, 5) is 24.5. The number of nitrogens with one attached hydrogen (secondary N) is 2. The summed E-state index contributed by atoms with van der Waals surface area (Å²) in [6.07, 6.45) is 8.61. The lowest BCUT2D eigenvalue weighted by Gasteiger charge is -2.32. The summed E-state index contributed by atoms with van der Waals surface area (Å²) in [5.74, 6) is 0.485. The second kappa shape index (κ2) is 12.6. The van der Waals surface area contributed by atoms with E-state index < -0.39 is 0 Å². The van der Waals surface area contributed by atoms with Gasteiger partial charge in [0.15, 0.2) is 11.6 Å². The van der Waals surface area contributed by atoms with Crippen LogP contribution in [-0.4, -0.2) is 53.6 Å². The lowest BCUT2D eigenvalue weighted by molar-refractivity contribution is -0.117. The van der Waals surface area contributed by atoms with E-state index in [-0.39, 0.29) is 36.5 Å². The molecule has 0 atom stereocenters. The zero-order chi connectivity index (χ0) is 22.6. The molecule has 0 saturated carbocycles. The predicted octanol–water partition coefficient (Wildman–Crippen LogP) is 5.29. The maximum atomic E-state index is 13.6. The van der Waals surface area contributed by atoms with Crippen molar-refractivity contribution in [2.75, 3.05) is 32.8 Å². The number of likely N-dealkylation sites (tertiary alicyclic amines) is 1. The molecule has 1 saturated heterocycles. The number of piperidine rings is 1. The third kappa shape index (κ3) is 6.50. The van der Waals surface area contributed by atoms with Crippen molar-refractivity contribution < 1.29 is 13.9 Å². The molecule has 2 aliphatic heterocycles. The molecule has 0 unspecified atom stereocenters. The van der Waals surface area contributed by atoms with Crippen molar-refractivity contribution in [1.29, 1.82) is 0 Å². The van der Waals surface area contributed by atoms with Gasteiger partial charge in [0.2, 0.25) is 0 Å². The van der Waals surface area contributed by atoms with Crippen molar-refractivity contribution >= 4 is 59.6 Å². The predicted molar refractivity (Wildman–Crippen MR) is 143 cm³/mol. The number of amides is 1. The number of aromatic nitrogens is 2. The molecule has 188 valence electrons. The van der Waals surface area contributed by atoms with Crippen molar-refractivity contribution in [2.24, 2.45) is 5.92 Å². The molecule has 2 aliphatic rings. The molecule has 5 rings (SSSR count).